The van der Waals surface area contributed by atoms with Crippen LogP contribution >= 0.6 is 0 Å². The van der Waals surface area contributed by atoms with E-state index < -0.39 is 0 Å². The summed E-state index contributed by atoms with van der Waals surface area (Å²) in [4.78, 5) is 17.8. The summed E-state index contributed by atoms with van der Waals surface area (Å²) in [6, 6.07) is 9.65. The van der Waals surface area contributed by atoms with E-state index in [1.54, 1.807) is 11.9 Å². The maximum absolute atomic E-state index is 12.2. The highest BCUT2D eigenvalue weighted by atomic mass is 16.2. The average molecular weight is 258 g/mol. The number of amidine groups is 1. The number of carbonyl (C=O) groups is 1. The zero-order valence-electron chi connectivity index (χ0n) is 11.0. The SMILES string of the molecule is CN=C(N)C1=C(N)CN(C(=O)Cc2ccccc2)C1. The van der Waals surface area contributed by atoms with E-state index in [4.69, 9.17) is 11.5 Å². The van der Waals surface area contributed by atoms with E-state index in [1.807, 2.05) is 30.3 Å². The Morgan fingerprint density at radius 2 is 2.00 bits per heavy atom. The van der Waals surface area contributed by atoms with Crippen LogP contribution in [0.5, 0.6) is 0 Å². The molecule has 0 bridgehead atoms. The molecule has 0 aliphatic carbocycles. The van der Waals surface area contributed by atoms with E-state index in [1.165, 1.54) is 0 Å². The van der Waals surface area contributed by atoms with Crippen molar-refractivity contribution in [3.8, 4) is 0 Å². The zero-order chi connectivity index (χ0) is 13.8. The van der Waals surface area contributed by atoms with Crippen molar-refractivity contribution < 1.29 is 4.79 Å². The van der Waals surface area contributed by atoms with E-state index in [2.05, 4.69) is 4.99 Å². The Morgan fingerprint density at radius 3 is 2.63 bits per heavy atom. The fourth-order valence-corrected chi connectivity index (χ4v) is 2.09. The van der Waals surface area contributed by atoms with Gasteiger partial charge in [-0.05, 0) is 5.56 Å². The van der Waals surface area contributed by atoms with Crippen molar-refractivity contribution in [2.75, 3.05) is 20.1 Å². The molecule has 5 nitrogen and oxygen atoms in total. The van der Waals surface area contributed by atoms with Crippen LogP contribution in [0.1, 0.15) is 5.56 Å². The Kier molecular flexibility index (Phi) is 3.85. The minimum Gasteiger partial charge on any atom is -0.400 e. The lowest BCUT2D eigenvalue weighted by molar-refractivity contribution is -0.129. The summed E-state index contributed by atoms with van der Waals surface area (Å²) in [6.45, 7) is 0.873. The minimum absolute atomic E-state index is 0.0491. The van der Waals surface area contributed by atoms with Crippen LogP contribution in [-0.4, -0.2) is 36.8 Å². The second-order valence-corrected chi connectivity index (χ2v) is 4.52. The number of nitrogens with two attached hydrogens (primary N) is 2. The van der Waals surface area contributed by atoms with Gasteiger partial charge in [0.1, 0.15) is 5.84 Å². The van der Waals surface area contributed by atoms with E-state index in [-0.39, 0.29) is 5.91 Å². The van der Waals surface area contributed by atoms with Crippen LogP contribution in [0.3, 0.4) is 0 Å². The lowest BCUT2D eigenvalue weighted by Crippen LogP contribution is -2.32. The van der Waals surface area contributed by atoms with E-state index in [9.17, 15) is 4.79 Å². The molecule has 0 aromatic heterocycles. The number of carbonyl (C=O) groups excluding carboxylic acids is 1. The fraction of sp³-hybridized carbons (Fsp3) is 0.286. The number of rotatable bonds is 3. The van der Waals surface area contributed by atoms with Crippen molar-refractivity contribution in [3.63, 3.8) is 0 Å². The zero-order valence-corrected chi connectivity index (χ0v) is 11.0. The van der Waals surface area contributed by atoms with Gasteiger partial charge in [0, 0.05) is 18.3 Å². The molecule has 19 heavy (non-hydrogen) atoms. The van der Waals surface area contributed by atoms with Crippen molar-refractivity contribution in [3.05, 3.63) is 47.2 Å². The van der Waals surface area contributed by atoms with E-state index in [0.717, 1.165) is 11.1 Å². The molecule has 1 heterocycles. The van der Waals surface area contributed by atoms with Crippen molar-refractivity contribution in [1.29, 1.82) is 0 Å². The van der Waals surface area contributed by atoms with Crippen LogP contribution in [0.2, 0.25) is 0 Å². The van der Waals surface area contributed by atoms with Gasteiger partial charge in [-0.25, -0.2) is 0 Å². The summed E-state index contributed by atoms with van der Waals surface area (Å²) in [5.74, 6) is 0.459. The first-order valence-electron chi connectivity index (χ1n) is 6.13. The van der Waals surface area contributed by atoms with Crippen molar-refractivity contribution in [2.24, 2.45) is 16.5 Å². The molecular formula is C14H18N4O. The molecule has 1 aromatic carbocycles. The highest BCUT2D eigenvalue weighted by Gasteiger charge is 2.25. The molecule has 0 radical (unpaired) electrons. The van der Waals surface area contributed by atoms with E-state index >= 15 is 0 Å². The highest BCUT2D eigenvalue weighted by Crippen LogP contribution is 2.15. The quantitative estimate of drug-likeness (QED) is 0.603. The second-order valence-electron chi connectivity index (χ2n) is 4.52. The Morgan fingerprint density at radius 1 is 1.32 bits per heavy atom. The largest absolute Gasteiger partial charge is 0.400 e. The summed E-state index contributed by atoms with van der Waals surface area (Å²) >= 11 is 0. The summed E-state index contributed by atoms with van der Waals surface area (Å²) < 4.78 is 0. The third-order valence-corrected chi connectivity index (χ3v) is 3.20. The minimum atomic E-state index is 0.0491. The standard InChI is InChI=1S/C14H18N4O/c1-17-14(16)11-8-18(9-12(11)15)13(19)7-10-5-3-2-4-6-10/h2-6H,7-9,15H2,1H3,(H2,16,17). The molecule has 0 atom stereocenters. The van der Waals surface area contributed by atoms with Crippen molar-refractivity contribution in [2.45, 2.75) is 6.42 Å². The first kappa shape index (κ1) is 13.1. The lowest BCUT2D eigenvalue weighted by Gasteiger charge is -2.16. The van der Waals surface area contributed by atoms with Gasteiger partial charge in [0.2, 0.25) is 5.91 Å². The van der Waals surface area contributed by atoms with Crippen LogP contribution in [0.25, 0.3) is 0 Å². The van der Waals surface area contributed by atoms with Crippen LogP contribution < -0.4 is 11.5 Å². The number of nitrogens with zero attached hydrogens (tertiary/aromatic N) is 2. The van der Waals surface area contributed by atoms with Crippen molar-refractivity contribution in [1.82, 2.24) is 4.90 Å². The topological polar surface area (TPSA) is 84.7 Å². The third kappa shape index (κ3) is 2.93. The van der Waals surface area contributed by atoms with Gasteiger partial charge in [-0.15, -0.1) is 0 Å². The van der Waals surface area contributed by atoms with Gasteiger partial charge in [0.15, 0.2) is 0 Å². The Labute approximate surface area is 112 Å². The number of benzene rings is 1. The monoisotopic (exact) mass is 258 g/mol. The van der Waals surface area contributed by atoms with E-state index in [0.29, 0.717) is 31.0 Å². The predicted octanol–water partition coefficient (Wildman–Crippen LogP) is 0.271. The molecule has 100 valence electrons. The molecule has 2 rings (SSSR count). The molecule has 0 unspecified atom stereocenters. The van der Waals surface area contributed by atoms with Crippen LogP contribution in [-0.2, 0) is 11.2 Å². The van der Waals surface area contributed by atoms with Crippen LogP contribution in [0.15, 0.2) is 46.6 Å². The predicted molar refractivity (Wildman–Crippen MR) is 75.5 cm³/mol. The summed E-state index contributed by atoms with van der Waals surface area (Å²) in [5.41, 5.74) is 14.1. The van der Waals surface area contributed by atoms with Gasteiger partial charge in [0.25, 0.3) is 0 Å². The average Bonchev–Trinajstić information content (AvgIpc) is 2.81. The third-order valence-electron chi connectivity index (χ3n) is 3.20. The molecule has 1 aliphatic heterocycles. The summed E-state index contributed by atoms with van der Waals surface area (Å²) in [5, 5.41) is 0. The van der Waals surface area contributed by atoms with Gasteiger partial charge >= 0.3 is 0 Å². The van der Waals surface area contributed by atoms with Gasteiger partial charge in [-0.3, -0.25) is 9.79 Å². The number of hydrogen-bond acceptors (Lipinski definition) is 3. The molecule has 0 saturated heterocycles. The second kappa shape index (κ2) is 5.56. The Hall–Kier alpha value is -2.30. The Bertz CT molecular complexity index is 534. The number of aliphatic imine (C=N–C) groups is 1. The summed E-state index contributed by atoms with van der Waals surface area (Å²) in [7, 11) is 1.62. The highest BCUT2D eigenvalue weighted by molar-refractivity contribution is 5.99. The molecule has 0 spiro atoms. The van der Waals surface area contributed by atoms with Crippen LogP contribution in [0, 0.1) is 0 Å². The molecule has 1 aliphatic rings. The van der Waals surface area contributed by atoms with Gasteiger partial charge in [0.05, 0.1) is 19.5 Å². The maximum Gasteiger partial charge on any atom is 0.227 e. The van der Waals surface area contributed by atoms with Gasteiger partial charge < -0.3 is 16.4 Å². The fourth-order valence-electron chi connectivity index (χ4n) is 2.09. The number of amides is 1. The first-order chi connectivity index (χ1) is 9.11. The van der Waals surface area contributed by atoms with Gasteiger partial charge in [-0.1, -0.05) is 30.3 Å². The molecule has 1 aromatic rings. The molecule has 0 saturated carbocycles. The lowest BCUT2D eigenvalue weighted by atomic mass is 10.1. The molecule has 0 fully saturated rings. The smallest absolute Gasteiger partial charge is 0.227 e. The molecule has 1 amide bonds. The Balaban J connectivity index is 2.01. The molecule has 4 N–H and O–H groups in total. The normalized spacial score (nSPS) is 16.1. The number of hydrogen-bond donors (Lipinski definition) is 2. The summed E-state index contributed by atoms with van der Waals surface area (Å²) in [6.07, 6.45) is 0.380. The van der Waals surface area contributed by atoms with Crippen molar-refractivity contribution >= 4 is 11.7 Å². The van der Waals surface area contributed by atoms with Gasteiger partial charge in [-0.2, -0.15) is 0 Å². The molecular weight excluding hydrogens is 240 g/mol. The molecule has 5 heteroatoms. The maximum atomic E-state index is 12.2. The van der Waals surface area contributed by atoms with Crippen LogP contribution in [0.4, 0.5) is 0 Å². The first-order valence-corrected chi connectivity index (χ1v) is 6.13.